The van der Waals surface area contributed by atoms with Crippen LogP contribution in [0.25, 0.3) is 0 Å². The summed E-state index contributed by atoms with van der Waals surface area (Å²) in [5, 5.41) is 6.35. The van der Waals surface area contributed by atoms with Crippen LogP contribution >= 0.6 is 15.9 Å². The van der Waals surface area contributed by atoms with Crippen LogP contribution in [0.2, 0.25) is 0 Å². The second kappa shape index (κ2) is 7.53. The maximum atomic E-state index is 11.7. The fourth-order valence-corrected chi connectivity index (χ4v) is 2.87. The van der Waals surface area contributed by atoms with E-state index in [1.165, 1.54) is 0 Å². The molecule has 2 rings (SSSR count). The molecule has 1 aromatic carbocycles. The Morgan fingerprint density at radius 2 is 2.22 bits per heavy atom. The monoisotopic (exact) mass is 384 g/mol. The summed E-state index contributed by atoms with van der Waals surface area (Å²) in [6.07, 6.45) is 0.515. The van der Waals surface area contributed by atoms with E-state index in [0.29, 0.717) is 13.2 Å². The third-order valence-corrected chi connectivity index (χ3v) is 3.94. The van der Waals surface area contributed by atoms with E-state index in [1.807, 2.05) is 39.8 Å². The highest BCUT2D eigenvalue weighted by Crippen LogP contribution is 2.34. The molecule has 2 atom stereocenters. The number of carbonyl (C=O) groups is 1. The summed E-state index contributed by atoms with van der Waals surface area (Å²) in [5.74, 6) is 0.921. The minimum Gasteiger partial charge on any atom is -0.493 e. The zero-order valence-corrected chi connectivity index (χ0v) is 15.7. The first kappa shape index (κ1) is 18.1. The molecule has 0 fully saturated rings. The molecule has 0 saturated heterocycles. The molecule has 1 amide bonds. The number of hydrogen-bond donors (Lipinski definition) is 2. The molecule has 2 N–H and O–H groups in total. The third kappa shape index (κ3) is 5.70. The Morgan fingerprint density at radius 1 is 1.48 bits per heavy atom. The molecule has 0 aromatic heterocycles. The Balaban J connectivity index is 1.88. The van der Waals surface area contributed by atoms with Crippen molar-refractivity contribution in [3.8, 4) is 5.75 Å². The minimum atomic E-state index is -0.479. The lowest BCUT2D eigenvalue weighted by atomic mass is 10.00. The van der Waals surface area contributed by atoms with Crippen LogP contribution in [0.1, 0.15) is 45.7 Å². The van der Waals surface area contributed by atoms with Gasteiger partial charge in [0.1, 0.15) is 11.4 Å². The van der Waals surface area contributed by atoms with Gasteiger partial charge in [-0.1, -0.05) is 15.9 Å². The number of benzene rings is 1. The van der Waals surface area contributed by atoms with Crippen LogP contribution in [0.15, 0.2) is 22.7 Å². The van der Waals surface area contributed by atoms with Gasteiger partial charge in [-0.25, -0.2) is 4.79 Å². The van der Waals surface area contributed by atoms with Gasteiger partial charge in [-0.05, 0) is 45.9 Å². The lowest BCUT2D eigenvalue weighted by Crippen LogP contribution is -2.43. The summed E-state index contributed by atoms with van der Waals surface area (Å²) >= 11 is 3.50. The van der Waals surface area contributed by atoms with Gasteiger partial charge in [-0.2, -0.15) is 0 Å². The SMILES string of the molecule is CC(CNC(=O)OC(C)(C)C)NC1CCOc2ccc(Br)cc21. The van der Waals surface area contributed by atoms with Crippen molar-refractivity contribution in [2.45, 2.75) is 51.8 Å². The van der Waals surface area contributed by atoms with Crippen LogP contribution in [0, 0.1) is 0 Å². The van der Waals surface area contributed by atoms with Crippen LogP contribution in [0.3, 0.4) is 0 Å². The fourth-order valence-electron chi connectivity index (χ4n) is 2.49. The Kier molecular flexibility index (Phi) is 5.92. The van der Waals surface area contributed by atoms with Gasteiger partial charge in [-0.15, -0.1) is 0 Å². The van der Waals surface area contributed by atoms with Crippen molar-refractivity contribution in [2.75, 3.05) is 13.2 Å². The normalized spacial score (nSPS) is 18.6. The molecule has 1 aliphatic heterocycles. The lowest BCUT2D eigenvalue weighted by Gasteiger charge is -2.30. The number of ether oxygens (including phenoxy) is 2. The number of rotatable bonds is 4. The Labute approximate surface area is 146 Å². The zero-order valence-electron chi connectivity index (χ0n) is 14.1. The van der Waals surface area contributed by atoms with Gasteiger partial charge >= 0.3 is 6.09 Å². The highest BCUT2D eigenvalue weighted by atomic mass is 79.9. The van der Waals surface area contributed by atoms with Crippen molar-refractivity contribution >= 4 is 22.0 Å². The van der Waals surface area contributed by atoms with E-state index in [1.54, 1.807) is 0 Å². The molecular weight excluding hydrogens is 360 g/mol. The molecule has 1 aromatic rings. The molecule has 0 bridgehead atoms. The first-order chi connectivity index (χ1) is 10.7. The Hall–Kier alpha value is -1.27. The van der Waals surface area contributed by atoms with Crippen LogP contribution in [0.4, 0.5) is 4.79 Å². The average Bonchev–Trinajstić information content (AvgIpc) is 2.44. The molecule has 0 saturated carbocycles. The topological polar surface area (TPSA) is 59.6 Å². The summed E-state index contributed by atoms with van der Waals surface area (Å²) in [4.78, 5) is 11.7. The second-order valence-electron chi connectivity index (χ2n) is 6.82. The summed E-state index contributed by atoms with van der Waals surface area (Å²) in [6.45, 7) is 8.81. The van der Waals surface area contributed by atoms with E-state index in [2.05, 4.69) is 32.6 Å². The molecule has 0 radical (unpaired) electrons. The van der Waals surface area contributed by atoms with Crippen molar-refractivity contribution in [3.63, 3.8) is 0 Å². The van der Waals surface area contributed by atoms with Crippen molar-refractivity contribution in [1.82, 2.24) is 10.6 Å². The zero-order chi connectivity index (χ0) is 17.0. The van der Waals surface area contributed by atoms with Crippen LogP contribution in [-0.2, 0) is 4.74 Å². The number of fused-ring (bicyclic) bond motifs is 1. The maximum Gasteiger partial charge on any atom is 0.407 e. The van der Waals surface area contributed by atoms with Gasteiger partial charge in [0, 0.05) is 35.1 Å². The van der Waals surface area contributed by atoms with Crippen LogP contribution in [-0.4, -0.2) is 30.9 Å². The van der Waals surface area contributed by atoms with E-state index in [4.69, 9.17) is 9.47 Å². The predicted octanol–water partition coefficient (Wildman–Crippen LogP) is 3.78. The molecule has 2 unspecified atom stereocenters. The first-order valence-corrected chi connectivity index (χ1v) is 8.69. The molecule has 128 valence electrons. The number of carbonyl (C=O) groups excluding carboxylic acids is 1. The molecular formula is C17H25BrN2O3. The lowest BCUT2D eigenvalue weighted by molar-refractivity contribution is 0.0522. The summed E-state index contributed by atoms with van der Waals surface area (Å²) in [7, 11) is 0. The van der Waals surface area contributed by atoms with E-state index < -0.39 is 5.60 Å². The van der Waals surface area contributed by atoms with Gasteiger partial charge in [0.2, 0.25) is 0 Å². The molecule has 0 spiro atoms. The molecule has 5 nitrogen and oxygen atoms in total. The van der Waals surface area contributed by atoms with Gasteiger partial charge in [0.15, 0.2) is 0 Å². The number of nitrogens with one attached hydrogen (secondary N) is 2. The van der Waals surface area contributed by atoms with Crippen LogP contribution in [0.5, 0.6) is 5.75 Å². The first-order valence-electron chi connectivity index (χ1n) is 7.90. The minimum absolute atomic E-state index is 0.123. The molecule has 23 heavy (non-hydrogen) atoms. The highest BCUT2D eigenvalue weighted by molar-refractivity contribution is 9.10. The van der Waals surface area contributed by atoms with Crippen molar-refractivity contribution in [2.24, 2.45) is 0 Å². The number of halogens is 1. The van der Waals surface area contributed by atoms with Gasteiger partial charge in [0.05, 0.1) is 6.61 Å². The molecule has 1 aliphatic rings. The summed E-state index contributed by atoms with van der Waals surface area (Å²) in [6, 6.07) is 6.38. The van der Waals surface area contributed by atoms with Gasteiger partial charge in [-0.3, -0.25) is 0 Å². The van der Waals surface area contributed by atoms with Gasteiger partial charge in [0.25, 0.3) is 0 Å². The van der Waals surface area contributed by atoms with Crippen molar-refractivity contribution in [3.05, 3.63) is 28.2 Å². The van der Waals surface area contributed by atoms with Crippen LogP contribution < -0.4 is 15.4 Å². The average molecular weight is 385 g/mol. The standard InChI is InChI=1S/C17H25BrN2O3/c1-11(10-19-16(21)23-17(2,3)4)20-14-7-8-22-15-6-5-12(18)9-13(14)15/h5-6,9,11,14,20H,7-8,10H2,1-4H3,(H,19,21). The largest absolute Gasteiger partial charge is 0.493 e. The summed E-state index contributed by atoms with van der Waals surface area (Å²) in [5.41, 5.74) is 0.668. The number of alkyl carbamates (subject to hydrolysis) is 1. The molecule has 6 heteroatoms. The van der Waals surface area contributed by atoms with E-state index >= 15 is 0 Å². The van der Waals surface area contributed by atoms with Crippen molar-refractivity contribution in [1.29, 1.82) is 0 Å². The maximum absolute atomic E-state index is 11.7. The highest BCUT2D eigenvalue weighted by Gasteiger charge is 2.23. The van der Waals surface area contributed by atoms with E-state index in [9.17, 15) is 4.79 Å². The fraction of sp³-hybridized carbons (Fsp3) is 0.588. The van der Waals surface area contributed by atoms with Gasteiger partial charge < -0.3 is 20.1 Å². The third-order valence-electron chi connectivity index (χ3n) is 3.45. The summed E-state index contributed by atoms with van der Waals surface area (Å²) < 4.78 is 12.0. The smallest absolute Gasteiger partial charge is 0.407 e. The predicted molar refractivity (Wildman–Crippen MR) is 93.8 cm³/mol. The quantitative estimate of drug-likeness (QED) is 0.828. The molecule has 0 aliphatic carbocycles. The molecule has 1 heterocycles. The number of hydrogen-bond acceptors (Lipinski definition) is 4. The van der Waals surface area contributed by atoms with E-state index in [0.717, 1.165) is 22.2 Å². The Morgan fingerprint density at radius 3 is 2.91 bits per heavy atom. The number of amides is 1. The van der Waals surface area contributed by atoms with Crippen molar-refractivity contribution < 1.29 is 14.3 Å². The van der Waals surface area contributed by atoms with E-state index in [-0.39, 0.29) is 18.2 Å². The second-order valence-corrected chi connectivity index (χ2v) is 7.74. The Bertz CT molecular complexity index is 557.